The topological polar surface area (TPSA) is 108 Å². The predicted octanol–water partition coefficient (Wildman–Crippen LogP) is -0.345. The summed E-state index contributed by atoms with van der Waals surface area (Å²) in [7, 11) is 1.47. The molecule has 0 unspecified atom stereocenters. The molecule has 0 bridgehead atoms. The number of likely N-dealkylation sites (N-methyl/N-ethyl adjacent to an activating group) is 1. The van der Waals surface area contributed by atoms with E-state index in [1.807, 2.05) is 0 Å². The van der Waals surface area contributed by atoms with Crippen molar-refractivity contribution in [1.29, 1.82) is 0 Å². The highest BCUT2D eigenvalue weighted by atomic mass is 16.4. The van der Waals surface area contributed by atoms with Gasteiger partial charge in [0.25, 0.3) is 5.91 Å². The van der Waals surface area contributed by atoms with Crippen LogP contribution < -0.4 is 10.6 Å². The molecule has 0 aromatic carbocycles. The minimum atomic E-state index is -1.09. The molecule has 100 valence electrons. The van der Waals surface area contributed by atoms with Gasteiger partial charge in [0.15, 0.2) is 0 Å². The van der Waals surface area contributed by atoms with Crippen LogP contribution in [0.5, 0.6) is 0 Å². The lowest BCUT2D eigenvalue weighted by Crippen LogP contribution is -2.35. The molecule has 1 aromatic rings. The van der Waals surface area contributed by atoms with E-state index >= 15 is 0 Å². The Balaban J connectivity index is 2.73. The van der Waals surface area contributed by atoms with Crippen LogP contribution in [0.15, 0.2) is 24.5 Å². The summed E-state index contributed by atoms with van der Waals surface area (Å²) in [5.41, 5.74) is 0.728. The number of carboxylic acid groups (broad SMARTS) is 1. The van der Waals surface area contributed by atoms with E-state index in [1.165, 1.54) is 31.6 Å². The minimum absolute atomic E-state index is 0.134. The van der Waals surface area contributed by atoms with Crippen molar-refractivity contribution in [2.24, 2.45) is 0 Å². The second-order valence-corrected chi connectivity index (χ2v) is 3.53. The molecule has 0 aliphatic carbocycles. The summed E-state index contributed by atoms with van der Waals surface area (Å²) in [5.74, 6) is -1.86. The number of carboxylic acids is 1. The molecule has 1 aromatic heterocycles. The molecule has 2 amide bonds. The summed E-state index contributed by atoms with van der Waals surface area (Å²) in [4.78, 5) is 36.9. The SMILES string of the molecule is CNC(=O)CNC(=O)c1cncc(/C=C/C(=O)O)c1. The van der Waals surface area contributed by atoms with Crippen LogP contribution in [0, 0.1) is 0 Å². The average Bonchev–Trinajstić information content (AvgIpc) is 2.42. The largest absolute Gasteiger partial charge is 0.478 e. The fraction of sp³-hybridized carbons (Fsp3) is 0.167. The third-order valence-corrected chi connectivity index (χ3v) is 2.13. The van der Waals surface area contributed by atoms with E-state index in [-0.39, 0.29) is 18.0 Å². The van der Waals surface area contributed by atoms with E-state index in [2.05, 4.69) is 15.6 Å². The zero-order chi connectivity index (χ0) is 14.3. The van der Waals surface area contributed by atoms with Crippen LogP contribution in [0.2, 0.25) is 0 Å². The van der Waals surface area contributed by atoms with E-state index in [4.69, 9.17) is 5.11 Å². The molecule has 0 aliphatic heterocycles. The van der Waals surface area contributed by atoms with Crippen molar-refractivity contribution in [1.82, 2.24) is 15.6 Å². The van der Waals surface area contributed by atoms with Crippen molar-refractivity contribution in [3.63, 3.8) is 0 Å². The van der Waals surface area contributed by atoms with Crippen molar-refractivity contribution in [3.8, 4) is 0 Å². The van der Waals surface area contributed by atoms with Gasteiger partial charge in [-0.3, -0.25) is 14.6 Å². The quantitative estimate of drug-likeness (QED) is 0.629. The Morgan fingerprint density at radius 3 is 2.74 bits per heavy atom. The van der Waals surface area contributed by atoms with Gasteiger partial charge in [-0.2, -0.15) is 0 Å². The van der Waals surface area contributed by atoms with Crippen LogP contribution in [0.3, 0.4) is 0 Å². The number of hydrogen-bond acceptors (Lipinski definition) is 4. The van der Waals surface area contributed by atoms with Gasteiger partial charge in [-0.05, 0) is 17.7 Å². The maximum atomic E-state index is 11.7. The van der Waals surface area contributed by atoms with Crippen molar-refractivity contribution >= 4 is 23.9 Å². The maximum absolute atomic E-state index is 11.7. The number of nitrogens with zero attached hydrogens (tertiary/aromatic N) is 1. The van der Waals surface area contributed by atoms with Crippen molar-refractivity contribution < 1.29 is 19.5 Å². The molecule has 0 fully saturated rings. The third kappa shape index (κ3) is 4.99. The highest BCUT2D eigenvalue weighted by molar-refractivity contribution is 5.96. The number of nitrogens with one attached hydrogen (secondary N) is 2. The number of carbonyl (C=O) groups is 3. The Bertz CT molecular complexity index is 525. The molecule has 7 heteroatoms. The molecule has 7 nitrogen and oxygen atoms in total. The van der Waals surface area contributed by atoms with Gasteiger partial charge in [0.05, 0.1) is 12.1 Å². The van der Waals surface area contributed by atoms with Crippen molar-refractivity contribution in [3.05, 3.63) is 35.7 Å². The lowest BCUT2D eigenvalue weighted by atomic mass is 10.2. The first-order chi connectivity index (χ1) is 9.02. The van der Waals surface area contributed by atoms with E-state index in [0.717, 1.165) is 6.08 Å². The number of rotatable bonds is 5. The van der Waals surface area contributed by atoms with Gasteiger partial charge in [0.2, 0.25) is 5.91 Å². The average molecular weight is 263 g/mol. The maximum Gasteiger partial charge on any atom is 0.328 e. The van der Waals surface area contributed by atoms with Gasteiger partial charge in [-0.25, -0.2) is 4.79 Å². The number of amides is 2. The van der Waals surface area contributed by atoms with E-state index in [9.17, 15) is 14.4 Å². The second kappa shape index (κ2) is 6.90. The predicted molar refractivity (Wildman–Crippen MR) is 67.3 cm³/mol. The molecular formula is C12H13N3O4. The number of carbonyl (C=O) groups excluding carboxylic acids is 2. The molecule has 0 spiro atoms. The first-order valence-electron chi connectivity index (χ1n) is 5.37. The Hall–Kier alpha value is -2.70. The van der Waals surface area contributed by atoms with Crippen LogP contribution in [0.1, 0.15) is 15.9 Å². The molecule has 3 N–H and O–H groups in total. The molecule has 0 aliphatic rings. The monoisotopic (exact) mass is 263 g/mol. The zero-order valence-corrected chi connectivity index (χ0v) is 10.2. The summed E-state index contributed by atoms with van der Waals surface area (Å²) < 4.78 is 0. The van der Waals surface area contributed by atoms with Gasteiger partial charge in [-0.15, -0.1) is 0 Å². The van der Waals surface area contributed by atoms with Crippen LogP contribution in [-0.2, 0) is 9.59 Å². The smallest absolute Gasteiger partial charge is 0.328 e. The second-order valence-electron chi connectivity index (χ2n) is 3.53. The third-order valence-electron chi connectivity index (χ3n) is 2.13. The molecule has 0 saturated heterocycles. The highest BCUT2D eigenvalue weighted by Gasteiger charge is 2.07. The number of pyridine rings is 1. The van der Waals surface area contributed by atoms with Gasteiger partial charge >= 0.3 is 5.97 Å². The Labute approximate surface area is 109 Å². The highest BCUT2D eigenvalue weighted by Crippen LogP contribution is 2.04. The van der Waals surface area contributed by atoms with Crippen LogP contribution in [0.25, 0.3) is 6.08 Å². The molecule has 0 atom stereocenters. The van der Waals surface area contributed by atoms with Gasteiger partial charge in [0, 0.05) is 25.5 Å². The van der Waals surface area contributed by atoms with E-state index in [0.29, 0.717) is 5.56 Å². The lowest BCUT2D eigenvalue weighted by molar-refractivity contribution is -0.131. The van der Waals surface area contributed by atoms with Gasteiger partial charge in [-0.1, -0.05) is 0 Å². The summed E-state index contributed by atoms with van der Waals surface area (Å²) in [6.07, 6.45) is 5.03. The number of aromatic nitrogens is 1. The molecular weight excluding hydrogens is 250 g/mol. The van der Waals surface area contributed by atoms with E-state index in [1.54, 1.807) is 0 Å². The van der Waals surface area contributed by atoms with Gasteiger partial charge in [0.1, 0.15) is 0 Å². The molecule has 0 radical (unpaired) electrons. The first-order valence-corrected chi connectivity index (χ1v) is 5.37. The van der Waals surface area contributed by atoms with Gasteiger partial charge < -0.3 is 15.7 Å². The normalized spacial score (nSPS) is 10.2. The van der Waals surface area contributed by atoms with Crippen LogP contribution in [0.4, 0.5) is 0 Å². The minimum Gasteiger partial charge on any atom is -0.478 e. The number of aliphatic carboxylic acids is 1. The van der Waals surface area contributed by atoms with Crippen LogP contribution >= 0.6 is 0 Å². The molecule has 1 rings (SSSR count). The van der Waals surface area contributed by atoms with Crippen molar-refractivity contribution in [2.75, 3.05) is 13.6 Å². The summed E-state index contributed by atoms with van der Waals surface area (Å²) in [5, 5.41) is 13.3. The standard InChI is InChI=1S/C12H13N3O4/c1-13-10(16)7-15-12(19)9-4-8(5-14-6-9)2-3-11(17)18/h2-6H,7H2,1H3,(H,13,16)(H,15,19)(H,17,18)/b3-2+. The fourth-order valence-electron chi connectivity index (χ4n) is 1.19. The Morgan fingerprint density at radius 1 is 1.37 bits per heavy atom. The first kappa shape index (κ1) is 14.4. The number of hydrogen-bond donors (Lipinski definition) is 3. The van der Waals surface area contributed by atoms with Crippen molar-refractivity contribution in [2.45, 2.75) is 0 Å². The summed E-state index contributed by atoms with van der Waals surface area (Å²) in [6, 6.07) is 1.48. The Kier molecular flexibility index (Phi) is 5.21. The summed E-state index contributed by atoms with van der Waals surface area (Å²) in [6.45, 7) is -0.134. The molecule has 0 saturated carbocycles. The Morgan fingerprint density at radius 2 is 2.11 bits per heavy atom. The van der Waals surface area contributed by atoms with Crippen LogP contribution in [-0.4, -0.2) is 41.5 Å². The van der Waals surface area contributed by atoms with E-state index < -0.39 is 11.9 Å². The lowest BCUT2D eigenvalue weighted by Gasteiger charge is -2.04. The zero-order valence-electron chi connectivity index (χ0n) is 10.2. The fourth-order valence-corrected chi connectivity index (χ4v) is 1.19. The summed E-state index contributed by atoms with van der Waals surface area (Å²) >= 11 is 0. The molecule has 1 heterocycles. The molecule has 19 heavy (non-hydrogen) atoms.